The van der Waals surface area contributed by atoms with E-state index in [0.717, 1.165) is 5.76 Å². The van der Waals surface area contributed by atoms with Gasteiger partial charge in [0.05, 0.1) is 6.61 Å². The quantitative estimate of drug-likeness (QED) is 0.687. The van der Waals surface area contributed by atoms with E-state index < -0.39 is 0 Å². The number of amides is 1. The Morgan fingerprint density at radius 1 is 1.20 bits per heavy atom. The second-order valence-corrected chi connectivity index (χ2v) is 6.02. The average Bonchev–Trinajstić information content (AvgIpc) is 3.23. The van der Waals surface area contributed by atoms with Gasteiger partial charge in [0.15, 0.2) is 29.0 Å². The summed E-state index contributed by atoms with van der Waals surface area (Å²) < 4.78 is 16.5. The second kappa shape index (κ2) is 7.85. The Hall–Kier alpha value is -2.80. The molecule has 0 aliphatic heterocycles. The van der Waals surface area contributed by atoms with E-state index in [9.17, 15) is 4.79 Å². The summed E-state index contributed by atoms with van der Waals surface area (Å²) in [6.07, 6.45) is 0. The molecule has 0 spiro atoms. The molecule has 1 N–H and O–H groups in total. The van der Waals surface area contributed by atoms with Crippen LogP contribution in [-0.2, 0) is 4.79 Å². The molecule has 0 radical (unpaired) electrons. The largest absolute Gasteiger partial charge is 0.490 e. The number of aromatic nitrogens is 1. The Bertz CT molecular complexity index is 856. The van der Waals surface area contributed by atoms with Crippen LogP contribution < -0.4 is 14.8 Å². The van der Waals surface area contributed by atoms with Crippen molar-refractivity contribution in [2.45, 2.75) is 13.8 Å². The lowest BCUT2D eigenvalue weighted by molar-refractivity contribution is -0.118. The fourth-order valence-electron chi connectivity index (χ4n) is 2.16. The summed E-state index contributed by atoms with van der Waals surface area (Å²) in [6.45, 7) is 4.17. The van der Waals surface area contributed by atoms with Crippen LogP contribution in [0, 0.1) is 6.92 Å². The first-order valence-corrected chi connectivity index (χ1v) is 8.70. The molecule has 1 aromatic carbocycles. The molecule has 3 aromatic rings. The van der Waals surface area contributed by atoms with Crippen molar-refractivity contribution in [1.82, 2.24) is 4.98 Å². The molecule has 0 saturated carbocycles. The maximum Gasteiger partial charge on any atom is 0.264 e. The molecule has 0 unspecified atom stereocenters. The number of carbonyl (C=O) groups excluding carboxylic acids is 1. The molecule has 1 amide bonds. The van der Waals surface area contributed by atoms with Crippen molar-refractivity contribution < 1.29 is 18.7 Å². The molecule has 0 aliphatic carbocycles. The van der Waals surface area contributed by atoms with E-state index in [-0.39, 0.29) is 12.5 Å². The van der Waals surface area contributed by atoms with Gasteiger partial charge in [-0.1, -0.05) is 12.1 Å². The van der Waals surface area contributed by atoms with Crippen LogP contribution in [-0.4, -0.2) is 24.1 Å². The second-order valence-electron chi connectivity index (χ2n) is 5.16. The number of aryl methyl sites for hydroxylation is 1. The van der Waals surface area contributed by atoms with Crippen LogP contribution in [0.4, 0.5) is 5.13 Å². The summed E-state index contributed by atoms with van der Waals surface area (Å²) in [5, 5.41) is 5.05. The number of hydrogen-bond donors (Lipinski definition) is 1. The van der Waals surface area contributed by atoms with Crippen LogP contribution in [0.1, 0.15) is 12.7 Å². The highest BCUT2D eigenvalue weighted by Gasteiger charge is 2.12. The van der Waals surface area contributed by atoms with Crippen molar-refractivity contribution in [2.24, 2.45) is 0 Å². The van der Waals surface area contributed by atoms with Crippen LogP contribution in [0.25, 0.3) is 11.5 Å². The van der Waals surface area contributed by atoms with Gasteiger partial charge in [0.25, 0.3) is 5.91 Å². The smallest absolute Gasteiger partial charge is 0.264 e. The summed E-state index contributed by atoms with van der Waals surface area (Å²) in [5.41, 5.74) is 0.691. The number of nitrogens with one attached hydrogen (secondary N) is 1. The minimum Gasteiger partial charge on any atom is -0.490 e. The first kappa shape index (κ1) is 17.0. The average molecular weight is 358 g/mol. The highest BCUT2D eigenvalue weighted by Crippen LogP contribution is 2.27. The summed E-state index contributed by atoms with van der Waals surface area (Å²) in [7, 11) is 0. The van der Waals surface area contributed by atoms with E-state index in [2.05, 4.69) is 10.3 Å². The number of carbonyl (C=O) groups is 1. The Labute approximate surface area is 149 Å². The molecule has 130 valence electrons. The molecule has 0 fully saturated rings. The summed E-state index contributed by atoms with van der Waals surface area (Å²) in [6, 6.07) is 11.0. The zero-order valence-corrected chi connectivity index (χ0v) is 14.8. The van der Waals surface area contributed by atoms with Crippen LogP contribution in [0.3, 0.4) is 0 Å². The van der Waals surface area contributed by atoms with Crippen LogP contribution >= 0.6 is 11.3 Å². The van der Waals surface area contributed by atoms with Gasteiger partial charge < -0.3 is 13.9 Å². The Balaban J connectivity index is 1.57. The third-order valence-electron chi connectivity index (χ3n) is 3.25. The number of para-hydroxylation sites is 2. The van der Waals surface area contributed by atoms with Gasteiger partial charge >= 0.3 is 0 Å². The number of nitrogens with zero attached hydrogens (tertiary/aromatic N) is 1. The molecular formula is C18H18N2O4S. The molecule has 3 rings (SSSR count). The zero-order valence-electron chi connectivity index (χ0n) is 13.9. The van der Waals surface area contributed by atoms with Gasteiger partial charge in [0.1, 0.15) is 11.5 Å². The van der Waals surface area contributed by atoms with Crippen molar-refractivity contribution >= 4 is 22.4 Å². The molecule has 0 aliphatic rings. The summed E-state index contributed by atoms with van der Waals surface area (Å²) in [4.78, 5) is 16.4. The molecule has 0 bridgehead atoms. The molecule has 2 heterocycles. The van der Waals surface area contributed by atoms with Gasteiger partial charge in [-0.2, -0.15) is 0 Å². The monoisotopic (exact) mass is 358 g/mol. The number of ether oxygens (including phenoxy) is 2. The topological polar surface area (TPSA) is 73.6 Å². The Morgan fingerprint density at radius 3 is 2.64 bits per heavy atom. The van der Waals surface area contributed by atoms with Gasteiger partial charge in [-0.15, -0.1) is 11.3 Å². The first-order chi connectivity index (χ1) is 12.2. The van der Waals surface area contributed by atoms with E-state index in [1.165, 1.54) is 11.3 Å². The SMILES string of the molecule is CCOc1ccccc1OCC(=O)Nc1nc(-c2ccc(C)o2)cs1. The number of thiazole rings is 1. The summed E-state index contributed by atoms with van der Waals surface area (Å²) in [5.74, 6) is 2.35. The van der Waals surface area contributed by atoms with E-state index in [4.69, 9.17) is 13.9 Å². The van der Waals surface area contributed by atoms with Gasteiger partial charge in [-0.25, -0.2) is 4.98 Å². The third kappa shape index (κ3) is 4.39. The number of benzene rings is 1. The lowest BCUT2D eigenvalue weighted by Gasteiger charge is -2.10. The summed E-state index contributed by atoms with van der Waals surface area (Å²) >= 11 is 1.33. The van der Waals surface area contributed by atoms with Crippen molar-refractivity contribution in [1.29, 1.82) is 0 Å². The fourth-order valence-corrected chi connectivity index (χ4v) is 2.88. The lowest BCUT2D eigenvalue weighted by Crippen LogP contribution is -2.20. The maximum atomic E-state index is 12.1. The molecule has 2 aromatic heterocycles. The van der Waals surface area contributed by atoms with Crippen LogP contribution in [0.2, 0.25) is 0 Å². The predicted octanol–water partition coefficient (Wildman–Crippen LogP) is 4.13. The van der Waals surface area contributed by atoms with E-state index in [0.29, 0.717) is 34.7 Å². The maximum absolute atomic E-state index is 12.1. The number of furan rings is 1. The predicted molar refractivity (Wildman–Crippen MR) is 96.3 cm³/mol. The highest BCUT2D eigenvalue weighted by atomic mass is 32.1. The molecule has 6 nitrogen and oxygen atoms in total. The van der Waals surface area contributed by atoms with Gasteiger partial charge in [-0.05, 0) is 38.1 Å². The number of hydrogen-bond acceptors (Lipinski definition) is 6. The van der Waals surface area contributed by atoms with Crippen molar-refractivity contribution in [2.75, 3.05) is 18.5 Å². The fraction of sp³-hybridized carbons (Fsp3) is 0.222. The molecule has 7 heteroatoms. The normalized spacial score (nSPS) is 10.5. The Kier molecular flexibility index (Phi) is 5.35. The number of anilines is 1. The molecule has 0 atom stereocenters. The first-order valence-electron chi connectivity index (χ1n) is 7.82. The van der Waals surface area contributed by atoms with Crippen molar-refractivity contribution in [3.05, 3.63) is 47.5 Å². The van der Waals surface area contributed by atoms with Crippen LogP contribution in [0.5, 0.6) is 11.5 Å². The van der Waals surface area contributed by atoms with E-state index >= 15 is 0 Å². The standard InChI is InChI=1S/C18H18N2O4S/c1-3-22-15-6-4-5-7-16(15)23-10-17(21)20-18-19-13(11-25-18)14-9-8-12(2)24-14/h4-9,11H,3,10H2,1-2H3,(H,19,20,21). The minimum absolute atomic E-state index is 0.126. The van der Waals surface area contributed by atoms with Crippen LogP contribution in [0.15, 0.2) is 46.2 Å². The molecule has 25 heavy (non-hydrogen) atoms. The van der Waals surface area contributed by atoms with Crippen molar-refractivity contribution in [3.63, 3.8) is 0 Å². The van der Waals surface area contributed by atoms with Crippen molar-refractivity contribution in [3.8, 4) is 23.0 Å². The Morgan fingerprint density at radius 2 is 1.96 bits per heavy atom. The van der Waals surface area contributed by atoms with E-state index in [1.807, 2.05) is 43.5 Å². The van der Waals surface area contributed by atoms with E-state index in [1.54, 1.807) is 12.1 Å². The van der Waals surface area contributed by atoms with Gasteiger partial charge in [0, 0.05) is 5.38 Å². The highest BCUT2D eigenvalue weighted by molar-refractivity contribution is 7.14. The van der Waals surface area contributed by atoms with Gasteiger partial charge in [-0.3, -0.25) is 10.1 Å². The molecule has 0 saturated heterocycles. The number of rotatable bonds is 7. The minimum atomic E-state index is -0.289. The van der Waals surface area contributed by atoms with Gasteiger partial charge in [0.2, 0.25) is 0 Å². The molecular weight excluding hydrogens is 340 g/mol. The third-order valence-corrected chi connectivity index (χ3v) is 4.01. The lowest BCUT2D eigenvalue weighted by atomic mass is 10.3. The zero-order chi connectivity index (χ0) is 17.6.